The number of hydrogen-bond donors (Lipinski definition) is 1. The summed E-state index contributed by atoms with van der Waals surface area (Å²) < 4.78 is 11.0. The highest BCUT2D eigenvalue weighted by Gasteiger charge is 2.37. The molecule has 4 rings (SSSR count). The average molecular weight is 507 g/mol. The number of halogens is 1. The summed E-state index contributed by atoms with van der Waals surface area (Å²) in [7, 11) is 0. The Labute approximate surface area is 213 Å². The first-order chi connectivity index (χ1) is 17.1. The summed E-state index contributed by atoms with van der Waals surface area (Å²) >= 11 is 5.90. The predicted octanol–water partition coefficient (Wildman–Crippen LogP) is 2.26. The quantitative estimate of drug-likeness (QED) is 0.491. The molecule has 35 heavy (non-hydrogen) atoms. The van der Waals surface area contributed by atoms with E-state index in [4.69, 9.17) is 21.1 Å². The third-order valence-electron chi connectivity index (χ3n) is 7.41. The van der Waals surface area contributed by atoms with Crippen molar-refractivity contribution in [3.05, 3.63) is 29.3 Å². The number of nitrogens with zero attached hydrogens (tertiary/aromatic N) is 3. The van der Waals surface area contributed by atoms with E-state index in [-0.39, 0.29) is 24.5 Å². The lowest BCUT2D eigenvalue weighted by Crippen LogP contribution is -2.58. The summed E-state index contributed by atoms with van der Waals surface area (Å²) in [5.74, 6) is 1.17. The standard InChI is InChI=1S/C26H39ClN4O4/c27-22-6-8-23(9-7-22)35-20-24(32)30-12-14-31(15-13-30)25(21-4-1-2-5-21)26(33)28-10-3-11-29-16-18-34-19-17-29/h6-9,21,25H,1-5,10-20H2,(H,28,33). The average Bonchev–Trinajstić information content (AvgIpc) is 3.42. The molecule has 1 N–H and O–H groups in total. The van der Waals surface area contributed by atoms with Gasteiger partial charge in [0.05, 0.1) is 19.3 Å². The molecule has 1 saturated carbocycles. The van der Waals surface area contributed by atoms with Crippen LogP contribution in [-0.4, -0.2) is 105 Å². The zero-order chi connectivity index (χ0) is 24.5. The SMILES string of the molecule is O=C(NCCCN1CCOCC1)C(C1CCCC1)N1CCN(C(=O)COc2ccc(Cl)cc2)CC1. The second kappa shape index (κ2) is 13.4. The van der Waals surface area contributed by atoms with E-state index in [9.17, 15) is 9.59 Å². The van der Waals surface area contributed by atoms with Gasteiger partial charge in [0.25, 0.3) is 5.91 Å². The summed E-state index contributed by atoms with van der Waals surface area (Å²) in [6.45, 7) is 7.96. The highest BCUT2D eigenvalue weighted by Crippen LogP contribution is 2.31. The molecule has 1 unspecified atom stereocenters. The van der Waals surface area contributed by atoms with Gasteiger partial charge in [-0.3, -0.25) is 19.4 Å². The van der Waals surface area contributed by atoms with E-state index in [1.54, 1.807) is 24.3 Å². The van der Waals surface area contributed by atoms with Crippen LogP contribution in [-0.2, 0) is 14.3 Å². The van der Waals surface area contributed by atoms with Gasteiger partial charge in [0, 0.05) is 50.8 Å². The smallest absolute Gasteiger partial charge is 0.260 e. The van der Waals surface area contributed by atoms with Crippen molar-refractivity contribution in [2.45, 2.75) is 38.1 Å². The summed E-state index contributed by atoms with van der Waals surface area (Å²) in [6.07, 6.45) is 5.58. The molecular formula is C26H39ClN4O4. The summed E-state index contributed by atoms with van der Waals surface area (Å²) in [5, 5.41) is 3.86. The predicted molar refractivity (Wildman–Crippen MR) is 136 cm³/mol. The van der Waals surface area contributed by atoms with Crippen molar-refractivity contribution >= 4 is 23.4 Å². The molecular weight excluding hydrogens is 468 g/mol. The van der Waals surface area contributed by atoms with E-state index >= 15 is 0 Å². The molecule has 8 nitrogen and oxygen atoms in total. The molecule has 0 radical (unpaired) electrons. The third kappa shape index (κ3) is 7.81. The Balaban J connectivity index is 1.22. The van der Waals surface area contributed by atoms with Gasteiger partial charge in [0.1, 0.15) is 5.75 Å². The molecule has 2 heterocycles. The molecule has 2 saturated heterocycles. The Morgan fingerprint density at radius 2 is 1.71 bits per heavy atom. The van der Waals surface area contributed by atoms with Crippen LogP contribution in [0, 0.1) is 5.92 Å². The van der Waals surface area contributed by atoms with E-state index in [1.807, 2.05) is 4.90 Å². The molecule has 1 aromatic carbocycles. The number of ether oxygens (including phenoxy) is 2. The first-order valence-electron chi connectivity index (χ1n) is 13.1. The number of piperazine rings is 1. The fraction of sp³-hybridized carbons (Fsp3) is 0.692. The van der Waals surface area contributed by atoms with Gasteiger partial charge < -0.3 is 19.7 Å². The molecule has 1 aromatic rings. The van der Waals surface area contributed by atoms with E-state index in [0.29, 0.717) is 36.3 Å². The Hall–Kier alpha value is -1.87. The summed E-state index contributed by atoms with van der Waals surface area (Å²) in [6, 6.07) is 6.93. The number of carbonyl (C=O) groups is 2. The lowest BCUT2D eigenvalue weighted by atomic mass is 9.95. The molecule has 0 bridgehead atoms. The minimum atomic E-state index is -0.0940. The maximum Gasteiger partial charge on any atom is 0.260 e. The molecule has 3 aliphatic rings. The highest BCUT2D eigenvalue weighted by atomic mass is 35.5. The molecule has 1 atom stereocenters. The first-order valence-corrected chi connectivity index (χ1v) is 13.5. The van der Waals surface area contributed by atoms with Crippen molar-refractivity contribution in [2.24, 2.45) is 5.92 Å². The molecule has 1 aliphatic carbocycles. The minimum absolute atomic E-state index is 0.0112. The molecule has 194 valence electrons. The number of rotatable bonds is 10. The number of hydrogen-bond acceptors (Lipinski definition) is 6. The van der Waals surface area contributed by atoms with Crippen molar-refractivity contribution in [1.29, 1.82) is 0 Å². The number of nitrogens with one attached hydrogen (secondary N) is 1. The fourth-order valence-corrected chi connectivity index (χ4v) is 5.54. The van der Waals surface area contributed by atoms with Gasteiger partial charge in [-0.25, -0.2) is 0 Å². The third-order valence-corrected chi connectivity index (χ3v) is 7.66. The van der Waals surface area contributed by atoms with Gasteiger partial charge in [0.15, 0.2) is 6.61 Å². The van der Waals surface area contributed by atoms with Crippen LogP contribution in [0.5, 0.6) is 5.75 Å². The lowest BCUT2D eigenvalue weighted by molar-refractivity contribution is -0.137. The normalized spacial score (nSPS) is 21.1. The van der Waals surface area contributed by atoms with Gasteiger partial charge >= 0.3 is 0 Å². The van der Waals surface area contributed by atoms with Crippen molar-refractivity contribution in [1.82, 2.24) is 20.0 Å². The lowest BCUT2D eigenvalue weighted by Gasteiger charge is -2.40. The van der Waals surface area contributed by atoms with Gasteiger partial charge in [0.2, 0.25) is 5.91 Å². The van der Waals surface area contributed by atoms with Crippen molar-refractivity contribution in [3.63, 3.8) is 0 Å². The first kappa shape index (κ1) is 26.2. The van der Waals surface area contributed by atoms with E-state index < -0.39 is 0 Å². The van der Waals surface area contributed by atoms with E-state index in [0.717, 1.165) is 65.2 Å². The largest absolute Gasteiger partial charge is 0.484 e. The maximum atomic E-state index is 13.3. The van der Waals surface area contributed by atoms with Crippen molar-refractivity contribution in [2.75, 3.05) is 72.2 Å². The zero-order valence-corrected chi connectivity index (χ0v) is 21.4. The van der Waals surface area contributed by atoms with Gasteiger partial charge in [-0.2, -0.15) is 0 Å². The van der Waals surface area contributed by atoms with Crippen LogP contribution in [0.15, 0.2) is 24.3 Å². The topological polar surface area (TPSA) is 74.4 Å². The van der Waals surface area contributed by atoms with Crippen LogP contribution in [0.1, 0.15) is 32.1 Å². The number of benzene rings is 1. The van der Waals surface area contributed by atoms with Gasteiger partial charge in [-0.15, -0.1) is 0 Å². The van der Waals surface area contributed by atoms with Crippen molar-refractivity contribution in [3.8, 4) is 5.75 Å². The number of morpholine rings is 1. The molecule has 0 aromatic heterocycles. The van der Waals surface area contributed by atoms with Crippen molar-refractivity contribution < 1.29 is 19.1 Å². The zero-order valence-electron chi connectivity index (χ0n) is 20.6. The van der Waals surface area contributed by atoms with Gasteiger partial charge in [-0.1, -0.05) is 24.4 Å². The minimum Gasteiger partial charge on any atom is -0.484 e. The number of carbonyl (C=O) groups excluding carboxylic acids is 2. The maximum absolute atomic E-state index is 13.3. The Bertz CT molecular complexity index is 804. The Morgan fingerprint density at radius 3 is 2.40 bits per heavy atom. The summed E-state index contributed by atoms with van der Waals surface area (Å²) in [4.78, 5) is 32.5. The second-order valence-electron chi connectivity index (χ2n) is 9.75. The van der Waals surface area contributed by atoms with Crippen LogP contribution in [0.25, 0.3) is 0 Å². The second-order valence-corrected chi connectivity index (χ2v) is 10.2. The molecule has 9 heteroatoms. The van der Waals surface area contributed by atoms with Crippen LogP contribution in [0.3, 0.4) is 0 Å². The van der Waals surface area contributed by atoms with Crippen LogP contribution >= 0.6 is 11.6 Å². The molecule has 3 fully saturated rings. The van der Waals surface area contributed by atoms with Crippen LogP contribution in [0.4, 0.5) is 0 Å². The Morgan fingerprint density at radius 1 is 1.03 bits per heavy atom. The van der Waals surface area contributed by atoms with E-state index in [1.165, 1.54) is 12.8 Å². The number of amides is 2. The molecule has 2 aliphatic heterocycles. The van der Waals surface area contributed by atoms with E-state index in [2.05, 4.69) is 15.1 Å². The monoisotopic (exact) mass is 506 g/mol. The van der Waals surface area contributed by atoms with Gasteiger partial charge in [-0.05, 0) is 56.0 Å². The summed E-state index contributed by atoms with van der Waals surface area (Å²) in [5.41, 5.74) is 0. The fourth-order valence-electron chi connectivity index (χ4n) is 5.41. The van der Waals surface area contributed by atoms with Crippen LogP contribution < -0.4 is 10.1 Å². The molecule has 2 amide bonds. The highest BCUT2D eigenvalue weighted by molar-refractivity contribution is 6.30. The molecule has 0 spiro atoms. The Kier molecular flexibility index (Phi) is 10.1. The van der Waals surface area contributed by atoms with Crippen LogP contribution in [0.2, 0.25) is 5.02 Å².